The molecule has 0 aliphatic rings. The predicted molar refractivity (Wildman–Crippen MR) is 77.4 cm³/mol. The van der Waals surface area contributed by atoms with Crippen molar-refractivity contribution >= 4 is 17.5 Å². The molecule has 0 spiro atoms. The van der Waals surface area contributed by atoms with Gasteiger partial charge in [0.15, 0.2) is 0 Å². The van der Waals surface area contributed by atoms with Crippen LogP contribution >= 0.6 is 11.6 Å². The van der Waals surface area contributed by atoms with E-state index in [4.69, 9.17) is 22.1 Å². The number of nitrogens with two attached hydrogens (primary N) is 1. The monoisotopic (exact) mass is 284 g/mol. The Morgan fingerprint density at radius 1 is 1.42 bits per heavy atom. The Morgan fingerprint density at radius 3 is 2.68 bits per heavy atom. The summed E-state index contributed by atoms with van der Waals surface area (Å²) in [4.78, 5) is 11.5. The van der Waals surface area contributed by atoms with E-state index in [-0.39, 0.29) is 18.0 Å². The van der Waals surface area contributed by atoms with E-state index in [1.54, 1.807) is 18.2 Å². The summed E-state index contributed by atoms with van der Waals surface area (Å²) in [5.74, 6) is 0.656. The fraction of sp³-hybridized carbons (Fsp3) is 0.500. The van der Waals surface area contributed by atoms with Crippen LogP contribution in [0.5, 0.6) is 5.75 Å². The number of amides is 1. The first-order chi connectivity index (χ1) is 8.90. The molecule has 0 aliphatic heterocycles. The van der Waals surface area contributed by atoms with E-state index >= 15 is 0 Å². The third-order valence-corrected chi connectivity index (χ3v) is 2.73. The SMILES string of the molecule is CC(C)NC(=O)CCOc1ccc(Cl)cc1C(C)N. The van der Waals surface area contributed by atoms with Crippen LogP contribution in [0.25, 0.3) is 0 Å². The van der Waals surface area contributed by atoms with Crippen molar-refractivity contribution in [1.29, 1.82) is 0 Å². The molecule has 0 heterocycles. The van der Waals surface area contributed by atoms with Crippen molar-refractivity contribution in [3.05, 3.63) is 28.8 Å². The Kier molecular flexibility index (Phi) is 6.12. The fourth-order valence-corrected chi connectivity index (χ4v) is 1.83. The standard InChI is InChI=1S/C14H21ClN2O2/c1-9(2)17-14(18)6-7-19-13-5-4-11(15)8-12(13)10(3)16/h4-5,8-10H,6-7,16H2,1-3H3,(H,17,18). The van der Waals surface area contributed by atoms with Crippen LogP contribution in [0.15, 0.2) is 18.2 Å². The average molecular weight is 285 g/mol. The molecule has 1 unspecified atom stereocenters. The van der Waals surface area contributed by atoms with Gasteiger partial charge in [0, 0.05) is 22.7 Å². The van der Waals surface area contributed by atoms with Crippen LogP contribution in [0.1, 0.15) is 38.8 Å². The molecule has 1 amide bonds. The van der Waals surface area contributed by atoms with Crippen LogP contribution in [0.3, 0.4) is 0 Å². The molecule has 4 nitrogen and oxygen atoms in total. The number of carbonyl (C=O) groups is 1. The molecule has 0 radical (unpaired) electrons. The maximum absolute atomic E-state index is 11.5. The zero-order valence-corrected chi connectivity index (χ0v) is 12.3. The van der Waals surface area contributed by atoms with E-state index in [1.807, 2.05) is 20.8 Å². The minimum atomic E-state index is -0.168. The Morgan fingerprint density at radius 2 is 2.11 bits per heavy atom. The van der Waals surface area contributed by atoms with Gasteiger partial charge in [-0.15, -0.1) is 0 Å². The van der Waals surface area contributed by atoms with E-state index in [2.05, 4.69) is 5.32 Å². The van der Waals surface area contributed by atoms with Gasteiger partial charge < -0.3 is 15.8 Å². The van der Waals surface area contributed by atoms with Crippen LogP contribution in [0.4, 0.5) is 0 Å². The van der Waals surface area contributed by atoms with Crippen molar-refractivity contribution in [3.8, 4) is 5.75 Å². The second kappa shape index (κ2) is 7.36. The minimum absolute atomic E-state index is 0.0219. The van der Waals surface area contributed by atoms with E-state index in [9.17, 15) is 4.79 Å². The summed E-state index contributed by atoms with van der Waals surface area (Å²) in [6, 6.07) is 5.29. The highest BCUT2D eigenvalue weighted by atomic mass is 35.5. The summed E-state index contributed by atoms with van der Waals surface area (Å²) in [5, 5.41) is 3.43. The molecule has 0 aliphatic carbocycles. The molecule has 1 atom stereocenters. The Bertz CT molecular complexity index is 433. The van der Waals surface area contributed by atoms with Gasteiger partial charge in [0.25, 0.3) is 0 Å². The molecular formula is C14H21ClN2O2. The van der Waals surface area contributed by atoms with Gasteiger partial charge in [-0.3, -0.25) is 4.79 Å². The molecule has 0 saturated carbocycles. The summed E-state index contributed by atoms with van der Waals surface area (Å²) in [6.07, 6.45) is 0.319. The van der Waals surface area contributed by atoms with E-state index in [0.29, 0.717) is 23.8 Å². The van der Waals surface area contributed by atoms with Gasteiger partial charge in [0.05, 0.1) is 13.0 Å². The van der Waals surface area contributed by atoms with Gasteiger partial charge in [-0.2, -0.15) is 0 Å². The highest BCUT2D eigenvalue weighted by molar-refractivity contribution is 6.30. The lowest BCUT2D eigenvalue weighted by Gasteiger charge is -2.14. The highest BCUT2D eigenvalue weighted by Gasteiger charge is 2.10. The third-order valence-electron chi connectivity index (χ3n) is 2.50. The van der Waals surface area contributed by atoms with Crippen molar-refractivity contribution in [3.63, 3.8) is 0 Å². The first-order valence-electron chi connectivity index (χ1n) is 6.37. The number of nitrogens with one attached hydrogen (secondary N) is 1. The zero-order chi connectivity index (χ0) is 14.4. The molecule has 106 valence electrons. The number of ether oxygens (including phenoxy) is 1. The summed E-state index contributed by atoms with van der Waals surface area (Å²) >= 11 is 5.93. The molecule has 5 heteroatoms. The van der Waals surface area contributed by atoms with Crippen LogP contribution in [0, 0.1) is 0 Å². The second-order valence-electron chi connectivity index (χ2n) is 4.79. The normalized spacial score (nSPS) is 12.3. The molecule has 19 heavy (non-hydrogen) atoms. The molecule has 0 fully saturated rings. The second-order valence-corrected chi connectivity index (χ2v) is 5.23. The highest BCUT2D eigenvalue weighted by Crippen LogP contribution is 2.27. The lowest BCUT2D eigenvalue weighted by Crippen LogP contribution is -2.31. The van der Waals surface area contributed by atoms with Crippen LogP contribution in [-0.2, 0) is 4.79 Å². The van der Waals surface area contributed by atoms with Crippen LogP contribution < -0.4 is 15.8 Å². The first kappa shape index (κ1) is 15.8. The zero-order valence-electron chi connectivity index (χ0n) is 11.6. The van der Waals surface area contributed by atoms with Crippen molar-refractivity contribution in [2.75, 3.05) is 6.61 Å². The maximum Gasteiger partial charge on any atom is 0.223 e. The van der Waals surface area contributed by atoms with Gasteiger partial charge in [0.1, 0.15) is 5.75 Å². The molecule has 1 rings (SSSR count). The predicted octanol–water partition coefficient (Wildman–Crippen LogP) is 2.65. The van der Waals surface area contributed by atoms with Crippen molar-refractivity contribution < 1.29 is 9.53 Å². The number of benzene rings is 1. The topological polar surface area (TPSA) is 64.3 Å². The summed E-state index contributed by atoms with van der Waals surface area (Å²) in [6.45, 7) is 6.03. The van der Waals surface area contributed by atoms with Gasteiger partial charge in [-0.05, 0) is 39.0 Å². The van der Waals surface area contributed by atoms with Crippen molar-refractivity contribution in [2.45, 2.75) is 39.3 Å². The maximum atomic E-state index is 11.5. The minimum Gasteiger partial charge on any atom is -0.493 e. The lowest BCUT2D eigenvalue weighted by molar-refractivity contribution is -0.122. The van der Waals surface area contributed by atoms with Crippen LogP contribution in [-0.4, -0.2) is 18.6 Å². The van der Waals surface area contributed by atoms with E-state index < -0.39 is 0 Å². The van der Waals surface area contributed by atoms with Crippen molar-refractivity contribution in [1.82, 2.24) is 5.32 Å². The first-order valence-corrected chi connectivity index (χ1v) is 6.75. The van der Waals surface area contributed by atoms with Gasteiger partial charge in [-0.1, -0.05) is 11.6 Å². The summed E-state index contributed by atoms with van der Waals surface area (Å²) in [5.41, 5.74) is 6.71. The van der Waals surface area contributed by atoms with Gasteiger partial charge in [0.2, 0.25) is 5.91 Å². The quantitative estimate of drug-likeness (QED) is 0.844. The summed E-state index contributed by atoms with van der Waals surface area (Å²) in [7, 11) is 0. The van der Waals surface area contributed by atoms with Gasteiger partial charge in [-0.25, -0.2) is 0 Å². The Labute approximate surface area is 119 Å². The Hall–Kier alpha value is -1.26. The smallest absolute Gasteiger partial charge is 0.223 e. The molecule has 1 aromatic carbocycles. The Balaban J connectivity index is 2.56. The average Bonchev–Trinajstić information content (AvgIpc) is 2.29. The molecule has 3 N–H and O–H groups in total. The number of hydrogen-bond acceptors (Lipinski definition) is 3. The molecule has 0 bridgehead atoms. The van der Waals surface area contributed by atoms with E-state index in [0.717, 1.165) is 5.56 Å². The van der Waals surface area contributed by atoms with E-state index in [1.165, 1.54) is 0 Å². The number of hydrogen-bond donors (Lipinski definition) is 2. The number of carbonyl (C=O) groups excluding carboxylic acids is 1. The third kappa shape index (κ3) is 5.49. The lowest BCUT2D eigenvalue weighted by atomic mass is 10.1. The van der Waals surface area contributed by atoms with Gasteiger partial charge >= 0.3 is 0 Å². The number of rotatable bonds is 6. The van der Waals surface area contributed by atoms with Crippen LogP contribution in [0.2, 0.25) is 5.02 Å². The molecule has 0 aromatic heterocycles. The van der Waals surface area contributed by atoms with Crippen molar-refractivity contribution in [2.24, 2.45) is 5.73 Å². The number of halogens is 1. The molecule has 0 saturated heterocycles. The largest absolute Gasteiger partial charge is 0.493 e. The summed E-state index contributed by atoms with van der Waals surface area (Å²) < 4.78 is 5.61. The molecule has 1 aromatic rings. The fourth-order valence-electron chi connectivity index (χ4n) is 1.65. The molecular weight excluding hydrogens is 264 g/mol.